The summed E-state index contributed by atoms with van der Waals surface area (Å²) >= 11 is 0. The van der Waals surface area contributed by atoms with E-state index in [1.165, 1.54) is 347 Å². The fourth-order valence-corrected chi connectivity index (χ4v) is 17.4. The third-order valence-corrected chi connectivity index (χ3v) is 24.9. The molecule has 0 aliphatic carbocycles. The molecular formula is C120H168. The van der Waals surface area contributed by atoms with E-state index in [9.17, 15) is 0 Å². The molecule has 12 bridgehead atoms. The largest absolute Gasteiger partial charge is 0.0979 e. The zero-order valence-corrected chi connectivity index (χ0v) is 78.1. The maximum absolute atomic E-state index is 3.81. The Bertz CT molecular complexity index is 3600. The van der Waals surface area contributed by atoms with Gasteiger partial charge in [0, 0.05) is 71.9 Å². The van der Waals surface area contributed by atoms with Crippen LogP contribution >= 0.6 is 0 Å². The lowest BCUT2D eigenvalue weighted by Crippen LogP contribution is -1.85. The first-order valence-corrected chi connectivity index (χ1v) is 51.3. The molecule has 0 saturated heterocycles. The first-order valence-electron chi connectivity index (χ1n) is 51.3. The molecule has 0 heteroatoms. The van der Waals surface area contributed by atoms with Gasteiger partial charge in [0.05, 0.1) is 0 Å². The molecule has 0 nitrogen and oxygen atoms in total. The van der Waals surface area contributed by atoms with Crippen LogP contribution in [0.4, 0.5) is 0 Å². The number of hydrogen-bond acceptors (Lipinski definition) is 0. The van der Waals surface area contributed by atoms with Crippen LogP contribution in [0.1, 0.15) is 499 Å². The molecule has 0 heterocycles. The zero-order valence-electron chi connectivity index (χ0n) is 78.1. The summed E-state index contributed by atoms with van der Waals surface area (Å²) in [5.74, 6) is 45.4. The zero-order chi connectivity index (χ0) is 84.3. The van der Waals surface area contributed by atoms with Crippen molar-refractivity contribution in [1.29, 1.82) is 0 Å². The van der Waals surface area contributed by atoms with Gasteiger partial charge in [0.1, 0.15) is 0 Å². The molecule has 0 saturated carbocycles. The first-order chi connectivity index (χ1) is 59.4. The molecule has 0 spiro atoms. The SMILES string of the molecule is CCCCCCCCCCCCC#Cc1cc2cc(c1)c1cc(C#CCCCCCCCCCCCC)cc(c1)c1cc(C#CCCCCCCCCCCCC)cc(c1)c1cc(C#CCCCCCCCCCCCC)cc(c1)c1cc(C#CCCCCCCCCCCCC)cc(c1)c1cc(C#CCCCCCCCCCCCC)cc2c1. The Labute approximate surface area is 738 Å². The van der Waals surface area contributed by atoms with Crippen molar-refractivity contribution < 1.29 is 0 Å². The van der Waals surface area contributed by atoms with Crippen molar-refractivity contribution in [3.63, 3.8) is 0 Å². The summed E-state index contributed by atoms with van der Waals surface area (Å²) in [4.78, 5) is 0. The molecule has 0 unspecified atom stereocenters. The molecule has 0 N–H and O–H groups in total. The fourth-order valence-electron chi connectivity index (χ4n) is 17.4. The third kappa shape index (κ3) is 44.7. The van der Waals surface area contributed by atoms with Crippen molar-refractivity contribution in [3.8, 4) is 71.0 Å². The molecule has 7 rings (SSSR count). The second kappa shape index (κ2) is 67.2. The van der Waals surface area contributed by atoms with E-state index in [-0.39, 0.29) is 0 Å². The van der Waals surface area contributed by atoms with Crippen LogP contribution in [0.3, 0.4) is 0 Å². The lowest BCUT2D eigenvalue weighted by Gasteiger charge is -2.07. The van der Waals surface area contributed by atoms with E-state index in [2.05, 4.69) is 222 Å². The molecule has 0 radical (unpaired) electrons. The Balaban J connectivity index is 1.46. The minimum absolute atomic E-state index is 0.899. The number of hydrogen-bond donors (Lipinski definition) is 0. The van der Waals surface area contributed by atoms with E-state index in [4.69, 9.17) is 0 Å². The molecule has 0 aliphatic heterocycles. The van der Waals surface area contributed by atoms with Crippen molar-refractivity contribution in [2.45, 2.75) is 465 Å². The second-order valence-corrected chi connectivity index (χ2v) is 36.2. The standard InChI is InChI=1S/C120H168/c1-7-13-19-25-31-37-43-49-55-61-67-73-79-103-85-109-97-110(86-103)112-88-105(81-75-69-63-57-51-45-39-33-27-21-15-9-3)90-114(99-112)116-92-107(83-77-71-65-59-53-47-41-35-29-23-17-11-5)94-118(101-116)120-96-108(84-78-72-66-60-54-48-42-36-30-24-18-12-6)95-119(102-120)117-93-106(82-76-70-64-58-52-46-40-34-28-22-16-10-4)91-115(100-117)113-89-104(87-111(109)98-113)80-74-68-62-56-50-44-38-32-26-20-14-8-2/h85-102H,7-72H2,1-6H3. The predicted molar refractivity (Wildman–Crippen MR) is 538 cm³/mol. The molecule has 0 aliphatic rings. The van der Waals surface area contributed by atoms with Gasteiger partial charge in [-0.25, -0.2) is 0 Å². The van der Waals surface area contributed by atoms with Crippen molar-refractivity contribution in [2.24, 2.45) is 0 Å². The minimum atomic E-state index is 0.899. The van der Waals surface area contributed by atoms with E-state index in [1.54, 1.807) is 0 Å². The highest BCUT2D eigenvalue weighted by Crippen LogP contribution is 2.32. The summed E-state index contributed by atoms with van der Waals surface area (Å²) in [7, 11) is 0. The first kappa shape index (κ1) is 99.8. The van der Waals surface area contributed by atoms with Gasteiger partial charge in [0.2, 0.25) is 0 Å². The molecule has 648 valence electrons. The van der Waals surface area contributed by atoms with Crippen LogP contribution in [0.5, 0.6) is 0 Å². The van der Waals surface area contributed by atoms with Gasteiger partial charge in [-0.3, -0.25) is 0 Å². The summed E-state index contributed by atoms with van der Waals surface area (Å²) in [5.41, 5.74) is 6.29. The molecule has 7 aromatic rings. The normalized spacial score (nSPS) is 11.1. The van der Waals surface area contributed by atoms with E-state index in [0.717, 1.165) is 175 Å². The summed E-state index contributed by atoms with van der Waals surface area (Å²) in [6.45, 7) is 13.9. The summed E-state index contributed by atoms with van der Waals surface area (Å²) in [6.07, 6.45) is 84.5. The van der Waals surface area contributed by atoms with Gasteiger partial charge in [-0.1, -0.05) is 459 Å². The van der Waals surface area contributed by atoms with Crippen LogP contribution in [0.25, 0.3) is 64.6 Å². The average Bonchev–Trinajstić information content (AvgIpc) is 0.777. The van der Waals surface area contributed by atoms with E-state index < -0.39 is 0 Å². The average molecular weight is 1610 g/mol. The van der Waals surface area contributed by atoms with Crippen LogP contribution < -0.4 is 0 Å². The van der Waals surface area contributed by atoms with Gasteiger partial charge in [-0.15, -0.1) is 0 Å². The lowest BCUT2D eigenvalue weighted by atomic mass is 9.97. The Hall–Kier alpha value is -7.32. The smallest absolute Gasteiger partial charge is 0.0257 e. The third-order valence-electron chi connectivity index (χ3n) is 24.9. The van der Waals surface area contributed by atoms with Gasteiger partial charge in [-0.05, 0) is 212 Å². The highest BCUT2D eigenvalue weighted by atomic mass is 14.1. The molecule has 120 heavy (non-hydrogen) atoms. The van der Waals surface area contributed by atoms with Crippen molar-refractivity contribution in [3.05, 3.63) is 143 Å². The maximum Gasteiger partial charge on any atom is 0.0257 e. The van der Waals surface area contributed by atoms with Gasteiger partial charge in [0.15, 0.2) is 0 Å². The van der Waals surface area contributed by atoms with Crippen molar-refractivity contribution in [2.75, 3.05) is 0 Å². The van der Waals surface area contributed by atoms with Gasteiger partial charge >= 0.3 is 0 Å². The van der Waals surface area contributed by atoms with Crippen LogP contribution in [-0.4, -0.2) is 0 Å². The molecule has 0 fully saturated rings. The molecular weight excluding hydrogens is 1440 g/mol. The second-order valence-electron chi connectivity index (χ2n) is 36.2. The van der Waals surface area contributed by atoms with Gasteiger partial charge in [0.25, 0.3) is 0 Å². The van der Waals surface area contributed by atoms with Crippen LogP contribution in [-0.2, 0) is 0 Å². The highest BCUT2D eigenvalue weighted by Gasteiger charge is 2.10. The maximum atomic E-state index is 3.81. The number of fused-ring (bicyclic) bond motifs is 18. The van der Waals surface area contributed by atoms with Gasteiger partial charge < -0.3 is 0 Å². The summed E-state index contributed by atoms with van der Waals surface area (Å²) in [5, 5.41) is 13.8. The lowest BCUT2D eigenvalue weighted by molar-refractivity contribution is 0.558. The Kier molecular flexibility index (Phi) is 55.9. The number of unbranched alkanes of at least 4 members (excludes halogenated alkanes) is 60. The predicted octanol–water partition coefficient (Wildman–Crippen LogP) is 38.3. The van der Waals surface area contributed by atoms with Crippen molar-refractivity contribution in [1.82, 2.24) is 0 Å². The van der Waals surface area contributed by atoms with Gasteiger partial charge in [-0.2, -0.15) is 0 Å². The molecule has 0 atom stereocenters. The monoisotopic (exact) mass is 1610 g/mol. The fraction of sp³-hybridized carbons (Fsp3) is 0.600. The Morgan fingerprint density at radius 2 is 0.208 bits per heavy atom. The van der Waals surface area contributed by atoms with E-state index in [0.29, 0.717) is 0 Å². The topological polar surface area (TPSA) is 0 Å². The van der Waals surface area contributed by atoms with Crippen LogP contribution in [0.2, 0.25) is 0 Å². The Morgan fingerprint density at radius 3 is 0.308 bits per heavy atom. The molecule has 0 amide bonds. The molecule has 7 aromatic carbocycles. The Morgan fingerprint density at radius 1 is 0.117 bits per heavy atom. The highest BCUT2D eigenvalue weighted by molar-refractivity contribution is 6.04. The number of rotatable bonds is 60. The van der Waals surface area contributed by atoms with E-state index in [1.807, 2.05) is 0 Å². The summed E-state index contributed by atoms with van der Waals surface area (Å²) < 4.78 is 0. The van der Waals surface area contributed by atoms with Crippen LogP contribution in [0, 0.1) is 71.0 Å². The summed E-state index contributed by atoms with van der Waals surface area (Å²) in [6, 6.07) is 43.2. The quantitative estimate of drug-likeness (QED) is 0.0263. The molecule has 0 aromatic heterocycles. The minimum Gasteiger partial charge on any atom is -0.0979 e. The van der Waals surface area contributed by atoms with E-state index >= 15 is 0 Å². The van der Waals surface area contributed by atoms with Crippen molar-refractivity contribution >= 4 is 64.6 Å². The van der Waals surface area contributed by atoms with Crippen LogP contribution in [0.15, 0.2) is 109 Å². The number of benzene rings is 6.